The van der Waals surface area contributed by atoms with Crippen molar-refractivity contribution in [3.8, 4) is 0 Å². The van der Waals surface area contributed by atoms with Crippen LogP contribution in [0.1, 0.15) is 25.0 Å². The topological polar surface area (TPSA) is 0 Å². The van der Waals surface area contributed by atoms with Crippen LogP contribution in [0.15, 0.2) is 36.4 Å². The van der Waals surface area contributed by atoms with Gasteiger partial charge >= 0.3 is 0 Å². The highest BCUT2D eigenvalue weighted by Gasteiger charge is 2.35. The lowest BCUT2D eigenvalue weighted by atomic mass is 9.95. The molecule has 2 heteroatoms. The van der Waals surface area contributed by atoms with E-state index in [1.807, 2.05) is 25.1 Å². The zero-order valence-electron chi connectivity index (χ0n) is 10.3. The van der Waals surface area contributed by atoms with Crippen molar-refractivity contribution in [3.63, 3.8) is 0 Å². The zero-order chi connectivity index (χ0) is 12.6. The highest BCUT2D eigenvalue weighted by atomic mass is 19.3. The lowest BCUT2D eigenvalue weighted by Gasteiger charge is -2.21. The van der Waals surface area contributed by atoms with Gasteiger partial charge in [0.1, 0.15) is 0 Å². The molecule has 0 fully saturated rings. The summed E-state index contributed by atoms with van der Waals surface area (Å²) in [6, 6.07) is 10.7. The van der Waals surface area contributed by atoms with Gasteiger partial charge in [-0.25, -0.2) is 8.78 Å². The van der Waals surface area contributed by atoms with E-state index in [0.717, 1.165) is 16.3 Å². The van der Waals surface area contributed by atoms with Crippen LogP contribution in [-0.4, -0.2) is 0 Å². The van der Waals surface area contributed by atoms with E-state index < -0.39 is 11.8 Å². The van der Waals surface area contributed by atoms with E-state index in [4.69, 9.17) is 0 Å². The standard InChI is InChI=1S/C15H16F2/c1-10(2)15(16,17)14-7-6-12-8-11(3)4-5-13(12)9-14/h4-10H,1-3H3. The second-order valence-electron chi connectivity index (χ2n) is 4.84. The maximum absolute atomic E-state index is 13.9. The molecule has 0 nitrogen and oxygen atoms in total. The van der Waals surface area contributed by atoms with Crippen LogP contribution in [0.2, 0.25) is 0 Å². The summed E-state index contributed by atoms with van der Waals surface area (Å²) in [6.07, 6.45) is 0. The second kappa shape index (κ2) is 4.10. The Kier molecular flexibility index (Phi) is 2.90. The number of hydrogen-bond donors (Lipinski definition) is 0. The van der Waals surface area contributed by atoms with Crippen LogP contribution in [0.25, 0.3) is 10.8 Å². The fourth-order valence-electron chi connectivity index (χ4n) is 1.91. The van der Waals surface area contributed by atoms with Crippen molar-refractivity contribution in [3.05, 3.63) is 47.5 Å². The summed E-state index contributed by atoms with van der Waals surface area (Å²) >= 11 is 0. The van der Waals surface area contributed by atoms with Crippen molar-refractivity contribution in [1.82, 2.24) is 0 Å². The molecule has 0 aliphatic carbocycles. The van der Waals surface area contributed by atoms with Gasteiger partial charge in [-0.2, -0.15) is 0 Å². The van der Waals surface area contributed by atoms with Crippen LogP contribution >= 0.6 is 0 Å². The first-order chi connectivity index (χ1) is 7.91. The molecule has 0 heterocycles. The molecule has 0 spiro atoms. The lowest BCUT2D eigenvalue weighted by Crippen LogP contribution is -2.20. The van der Waals surface area contributed by atoms with Crippen molar-refractivity contribution in [2.24, 2.45) is 5.92 Å². The molecule has 2 rings (SSSR count). The molecule has 0 radical (unpaired) electrons. The maximum atomic E-state index is 13.9. The summed E-state index contributed by atoms with van der Waals surface area (Å²) < 4.78 is 27.8. The average Bonchev–Trinajstić information content (AvgIpc) is 2.28. The molecule has 90 valence electrons. The molecule has 0 aliphatic rings. The van der Waals surface area contributed by atoms with Gasteiger partial charge in [-0.15, -0.1) is 0 Å². The van der Waals surface area contributed by atoms with E-state index in [-0.39, 0.29) is 5.56 Å². The van der Waals surface area contributed by atoms with Crippen LogP contribution in [0.3, 0.4) is 0 Å². The number of aryl methyl sites for hydroxylation is 1. The van der Waals surface area contributed by atoms with E-state index in [1.165, 1.54) is 6.07 Å². The Morgan fingerprint density at radius 2 is 1.53 bits per heavy atom. The molecule has 0 aromatic heterocycles. The van der Waals surface area contributed by atoms with Gasteiger partial charge < -0.3 is 0 Å². The Labute approximate surface area is 100 Å². The summed E-state index contributed by atoms with van der Waals surface area (Å²) in [5, 5.41) is 1.88. The normalized spacial score (nSPS) is 12.4. The third-order valence-electron chi connectivity index (χ3n) is 3.11. The van der Waals surface area contributed by atoms with Crippen LogP contribution < -0.4 is 0 Å². The first-order valence-electron chi connectivity index (χ1n) is 5.80. The predicted octanol–water partition coefficient (Wildman–Crippen LogP) is 4.90. The summed E-state index contributed by atoms with van der Waals surface area (Å²) in [5.41, 5.74) is 1.24. The van der Waals surface area contributed by atoms with Gasteiger partial charge in [0.2, 0.25) is 0 Å². The third kappa shape index (κ3) is 2.17. The minimum atomic E-state index is -2.76. The molecule has 2 aromatic rings. The highest BCUT2D eigenvalue weighted by molar-refractivity contribution is 5.83. The van der Waals surface area contributed by atoms with E-state index >= 15 is 0 Å². The van der Waals surface area contributed by atoms with Crippen LogP contribution in [0.4, 0.5) is 8.78 Å². The smallest absolute Gasteiger partial charge is 0.201 e. The monoisotopic (exact) mass is 234 g/mol. The number of alkyl halides is 2. The van der Waals surface area contributed by atoms with Crippen molar-refractivity contribution in [2.45, 2.75) is 26.7 Å². The van der Waals surface area contributed by atoms with Gasteiger partial charge in [0, 0.05) is 11.5 Å². The molecule has 0 N–H and O–H groups in total. The van der Waals surface area contributed by atoms with Crippen LogP contribution in [0.5, 0.6) is 0 Å². The van der Waals surface area contributed by atoms with Crippen LogP contribution in [0, 0.1) is 12.8 Å². The van der Waals surface area contributed by atoms with Crippen LogP contribution in [-0.2, 0) is 5.92 Å². The van der Waals surface area contributed by atoms with Gasteiger partial charge in [-0.3, -0.25) is 0 Å². The Hall–Kier alpha value is -1.44. The van der Waals surface area contributed by atoms with E-state index in [1.54, 1.807) is 26.0 Å². The number of fused-ring (bicyclic) bond motifs is 1. The van der Waals surface area contributed by atoms with Crippen molar-refractivity contribution >= 4 is 10.8 Å². The predicted molar refractivity (Wildman–Crippen MR) is 67.4 cm³/mol. The maximum Gasteiger partial charge on any atom is 0.275 e. The molecule has 0 saturated heterocycles. The summed E-state index contributed by atoms with van der Waals surface area (Å²) in [6.45, 7) is 5.08. The first kappa shape index (κ1) is 12.0. The minimum Gasteiger partial charge on any atom is -0.201 e. The third-order valence-corrected chi connectivity index (χ3v) is 3.11. The molecule has 2 aromatic carbocycles. The number of rotatable bonds is 2. The molecule has 0 atom stereocenters. The van der Waals surface area contributed by atoms with Crippen molar-refractivity contribution in [2.75, 3.05) is 0 Å². The Balaban J connectivity index is 2.56. The minimum absolute atomic E-state index is 0.101. The fraction of sp³-hybridized carbons (Fsp3) is 0.333. The Morgan fingerprint density at radius 1 is 0.941 bits per heavy atom. The summed E-state index contributed by atoms with van der Waals surface area (Å²) in [5.74, 6) is -3.45. The van der Waals surface area contributed by atoms with E-state index in [0.29, 0.717) is 0 Å². The number of benzene rings is 2. The molecule has 0 bridgehead atoms. The number of halogens is 2. The largest absolute Gasteiger partial charge is 0.275 e. The van der Waals surface area contributed by atoms with E-state index in [9.17, 15) is 8.78 Å². The van der Waals surface area contributed by atoms with Gasteiger partial charge in [0.15, 0.2) is 0 Å². The average molecular weight is 234 g/mol. The molecule has 0 saturated carbocycles. The summed E-state index contributed by atoms with van der Waals surface area (Å²) in [4.78, 5) is 0. The molecule has 0 unspecified atom stereocenters. The second-order valence-corrected chi connectivity index (χ2v) is 4.84. The van der Waals surface area contributed by atoms with Gasteiger partial charge in [-0.05, 0) is 23.8 Å². The Bertz CT molecular complexity index is 542. The van der Waals surface area contributed by atoms with Crippen molar-refractivity contribution < 1.29 is 8.78 Å². The fourth-order valence-corrected chi connectivity index (χ4v) is 1.91. The Morgan fingerprint density at radius 3 is 2.18 bits per heavy atom. The highest BCUT2D eigenvalue weighted by Crippen LogP contribution is 2.36. The molecule has 0 amide bonds. The lowest BCUT2D eigenvalue weighted by molar-refractivity contribution is -0.0512. The first-order valence-corrected chi connectivity index (χ1v) is 5.80. The molecule has 0 aliphatic heterocycles. The van der Waals surface area contributed by atoms with Gasteiger partial charge in [0.05, 0.1) is 0 Å². The van der Waals surface area contributed by atoms with Gasteiger partial charge in [-0.1, -0.05) is 49.7 Å². The molecular formula is C15H16F2. The van der Waals surface area contributed by atoms with Crippen molar-refractivity contribution in [1.29, 1.82) is 0 Å². The summed E-state index contributed by atoms with van der Waals surface area (Å²) in [7, 11) is 0. The SMILES string of the molecule is Cc1ccc2cc(C(F)(F)C(C)C)ccc2c1. The molecule has 17 heavy (non-hydrogen) atoms. The van der Waals surface area contributed by atoms with E-state index in [2.05, 4.69) is 0 Å². The quantitative estimate of drug-likeness (QED) is 0.693. The molecular weight excluding hydrogens is 218 g/mol. The zero-order valence-corrected chi connectivity index (χ0v) is 10.3. The van der Waals surface area contributed by atoms with Gasteiger partial charge in [0.25, 0.3) is 5.92 Å². The number of hydrogen-bond acceptors (Lipinski definition) is 0.